The van der Waals surface area contributed by atoms with Crippen molar-refractivity contribution in [2.45, 2.75) is 32.3 Å². The van der Waals surface area contributed by atoms with Gasteiger partial charge in [-0.2, -0.15) is 0 Å². The smallest absolute Gasteiger partial charge is 0.407 e. The van der Waals surface area contributed by atoms with E-state index in [0.29, 0.717) is 25.2 Å². The third kappa shape index (κ3) is 4.88. The van der Waals surface area contributed by atoms with Crippen LogP contribution in [0.25, 0.3) is 0 Å². The van der Waals surface area contributed by atoms with Gasteiger partial charge in [-0.15, -0.1) is 0 Å². The zero-order valence-corrected chi connectivity index (χ0v) is 11.4. The first-order valence-electron chi connectivity index (χ1n) is 6.88. The normalized spacial score (nSPS) is 14.6. The highest BCUT2D eigenvalue weighted by Gasteiger charge is 2.10. The number of hydrogen-bond acceptors (Lipinski definition) is 3. The van der Waals surface area contributed by atoms with E-state index in [4.69, 9.17) is 4.74 Å². The van der Waals surface area contributed by atoms with Crippen molar-refractivity contribution in [2.24, 2.45) is 0 Å². The number of hydrogen-bond donors (Lipinski definition) is 1. The average Bonchev–Trinajstić information content (AvgIpc) is 2.48. The summed E-state index contributed by atoms with van der Waals surface area (Å²) in [5.41, 5.74) is 2.21. The van der Waals surface area contributed by atoms with E-state index in [1.807, 2.05) is 36.4 Å². The number of allylic oxidation sites excluding steroid dienone is 1. The number of nitrogens with one attached hydrogen (secondary N) is 1. The van der Waals surface area contributed by atoms with Gasteiger partial charge in [0.05, 0.1) is 0 Å². The van der Waals surface area contributed by atoms with Crippen LogP contribution in [0.2, 0.25) is 0 Å². The summed E-state index contributed by atoms with van der Waals surface area (Å²) >= 11 is 0. The Bertz CT molecular complexity index is 494. The number of Topliss-reactive ketones (excluding diaryl/α,β-unsaturated/α-hetero) is 1. The molecule has 0 fully saturated rings. The molecule has 0 aromatic heterocycles. The molecular weight excluding hydrogens is 254 g/mol. The standard InChI is InChI=1S/C16H19NO3/c18-15-8-6-13(7-9-15)10-11-17-16(19)20-12-14-4-2-1-3-5-14/h1-6H,7-12H2,(H,17,19). The largest absolute Gasteiger partial charge is 0.445 e. The van der Waals surface area contributed by atoms with Crippen molar-refractivity contribution in [3.05, 3.63) is 47.5 Å². The number of carbonyl (C=O) groups excluding carboxylic acids is 2. The molecule has 0 aliphatic heterocycles. The van der Waals surface area contributed by atoms with Gasteiger partial charge in [-0.1, -0.05) is 42.0 Å². The Balaban J connectivity index is 1.62. The van der Waals surface area contributed by atoms with Crippen LogP contribution in [0.5, 0.6) is 0 Å². The van der Waals surface area contributed by atoms with Gasteiger partial charge in [0.1, 0.15) is 12.4 Å². The maximum Gasteiger partial charge on any atom is 0.407 e. The lowest BCUT2D eigenvalue weighted by Gasteiger charge is -2.12. The molecule has 0 saturated carbocycles. The summed E-state index contributed by atoms with van der Waals surface area (Å²) < 4.78 is 5.11. The summed E-state index contributed by atoms with van der Waals surface area (Å²) in [6.07, 6.45) is 4.34. The van der Waals surface area contributed by atoms with Gasteiger partial charge in [-0.05, 0) is 18.4 Å². The van der Waals surface area contributed by atoms with E-state index in [-0.39, 0.29) is 6.61 Å². The van der Waals surface area contributed by atoms with Crippen molar-refractivity contribution >= 4 is 11.9 Å². The Labute approximate surface area is 118 Å². The Hall–Kier alpha value is -2.10. The first-order chi connectivity index (χ1) is 9.74. The second-order valence-electron chi connectivity index (χ2n) is 4.84. The number of benzene rings is 1. The van der Waals surface area contributed by atoms with Crippen LogP contribution in [0.4, 0.5) is 4.79 Å². The molecule has 4 heteroatoms. The van der Waals surface area contributed by atoms with E-state index < -0.39 is 6.09 Å². The van der Waals surface area contributed by atoms with Gasteiger partial charge in [0.2, 0.25) is 0 Å². The van der Waals surface area contributed by atoms with E-state index in [0.717, 1.165) is 18.4 Å². The molecule has 4 nitrogen and oxygen atoms in total. The average molecular weight is 273 g/mol. The van der Waals surface area contributed by atoms with Gasteiger partial charge < -0.3 is 10.1 Å². The van der Waals surface area contributed by atoms with Crippen molar-refractivity contribution in [1.82, 2.24) is 5.32 Å². The van der Waals surface area contributed by atoms with Crippen molar-refractivity contribution in [3.63, 3.8) is 0 Å². The molecule has 0 saturated heterocycles. The summed E-state index contributed by atoms with van der Waals surface area (Å²) in [6.45, 7) is 0.831. The third-order valence-corrected chi connectivity index (χ3v) is 3.27. The molecule has 1 amide bonds. The number of alkyl carbamates (subject to hydrolysis) is 1. The first kappa shape index (κ1) is 14.3. The highest BCUT2D eigenvalue weighted by molar-refractivity contribution is 5.81. The van der Waals surface area contributed by atoms with E-state index in [9.17, 15) is 9.59 Å². The number of ketones is 1. The molecule has 106 valence electrons. The van der Waals surface area contributed by atoms with Gasteiger partial charge in [0.25, 0.3) is 0 Å². The van der Waals surface area contributed by atoms with Crippen LogP contribution < -0.4 is 5.32 Å². The zero-order chi connectivity index (χ0) is 14.2. The van der Waals surface area contributed by atoms with E-state index in [1.165, 1.54) is 5.57 Å². The molecule has 0 spiro atoms. The van der Waals surface area contributed by atoms with Crippen molar-refractivity contribution in [1.29, 1.82) is 0 Å². The zero-order valence-electron chi connectivity index (χ0n) is 11.4. The Morgan fingerprint density at radius 2 is 2.00 bits per heavy atom. The molecule has 2 rings (SSSR count). The van der Waals surface area contributed by atoms with E-state index in [1.54, 1.807) is 0 Å². The molecule has 1 N–H and O–H groups in total. The maximum absolute atomic E-state index is 11.5. The number of rotatable bonds is 5. The van der Waals surface area contributed by atoms with Crippen molar-refractivity contribution in [3.8, 4) is 0 Å². The Morgan fingerprint density at radius 1 is 1.20 bits per heavy atom. The van der Waals surface area contributed by atoms with Crippen LogP contribution in [0.15, 0.2) is 42.0 Å². The highest BCUT2D eigenvalue weighted by atomic mass is 16.5. The van der Waals surface area contributed by atoms with Crippen molar-refractivity contribution in [2.75, 3.05) is 6.54 Å². The molecule has 0 heterocycles. The predicted molar refractivity (Wildman–Crippen MR) is 76.2 cm³/mol. The minimum atomic E-state index is -0.402. The third-order valence-electron chi connectivity index (χ3n) is 3.27. The fraction of sp³-hybridized carbons (Fsp3) is 0.375. The molecular formula is C16H19NO3. The maximum atomic E-state index is 11.5. The van der Waals surface area contributed by atoms with Crippen molar-refractivity contribution < 1.29 is 14.3 Å². The first-order valence-corrected chi connectivity index (χ1v) is 6.88. The second-order valence-corrected chi connectivity index (χ2v) is 4.84. The molecule has 0 unspecified atom stereocenters. The lowest BCUT2D eigenvalue weighted by molar-refractivity contribution is -0.118. The van der Waals surface area contributed by atoms with Gasteiger partial charge in [0.15, 0.2) is 0 Å². The lowest BCUT2D eigenvalue weighted by atomic mass is 9.96. The summed E-state index contributed by atoms with van der Waals surface area (Å²) in [5, 5.41) is 2.72. The molecule has 0 radical (unpaired) electrons. The number of carbonyl (C=O) groups is 2. The molecule has 0 atom stereocenters. The van der Waals surface area contributed by atoms with Crippen LogP contribution in [-0.4, -0.2) is 18.4 Å². The van der Waals surface area contributed by atoms with Gasteiger partial charge >= 0.3 is 6.09 Å². The summed E-state index contributed by atoms with van der Waals surface area (Å²) in [7, 11) is 0. The fourth-order valence-electron chi connectivity index (χ4n) is 2.09. The van der Waals surface area contributed by atoms with E-state index in [2.05, 4.69) is 5.32 Å². The molecule has 1 aromatic carbocycles. The minimum absolute atomic E-state index is 0.282. The Morgan fingerprint density at radius 3 is 2.70 bits per heavy atom. The monoisotopic (exact) mass is 273 g/mol. The number of amides is 1. The lowest BCUT2D eigenvalue weighted by Crippen LogP contribution is -2.25. The number of ether oxygens (including phenoxy) is 1. The fourth-order valence-corrected chi connectivity index (χ4v) is 2.09. The van der Waals surface area contributed by atoms with Crippen LogP contribution in [0.1, 0.15) is 31.2 Å². The summed E-state index contributed by atoms with van der Waals surface area (Å²) in [4.78, 5) is 22.6. The molecule has 1 aliphatic carbocycles. The summed E-state index contributed by atoms with van der Waals surface area (Å²) in [6, 6.07) is 9.57. The minimum Gasteiger partial charge on any atom is -0.445 e. The van der Waals surface area contributed by atoms with Gasteiger partial charge in [0, 0.05) is 19.4 Å². The molecule has 0 bridgehead atoms. The topological polar surface area (TPSA) is 55.4 Å². The van der Waals surface area contributed by atoms with Crippen LogP contribution in [0, 0.1) is 0 Å². The van der Waals surface area contributed by atoms with Gasteiger partial charge in [-0.25, -0.2) is 4.79 Å². The molecule has 20 heavy (non-hydrogen) atoms. The Kier molecular flexibility index (Phi) is 5.35. The summed E-state index contributed by atoms with van der Waals surface area (Å²) in [5.74, 6) is 0.295. The highest BCUT2D eigenvalue weighted by Crippen LogP contribution is 2.17. The predicted octanol–water partition coefficient (Wildman–Crippen LogP) is 2.98. The molecule has 1 aromatic rings. The quantitative estimate of drug-likeness (QED) is 0.839. The van der Waals surface area contributed by atoms with Gasteiger partial charge in [-0.3, -0.25) is 4.79 Å². The van der Waals surface area contributed by atoms with Crippen LogP contribution >= 0.6 is 0 Å². The van der Waals surface area contributed by atoms with Crippen LogP contribution in [0.3, 0.4) is 0 Å². The second kappa shape index (κ2) is 7.48. The van der Waals surface area contributed by atoms with Crippen LogP contribution in [-0.2, 0) is 16.1 Å². The van der Waals surface area contributed by atoms with E-state index >= 15 is 0 Å². The molecule has 1 aliphatic rings. The SMILES string of the molecule is O=C1CC=C(CCNC(=O)OCc2ccccc2)CC1.